The summed E-state index contributed by atoms with van der Waals surface area (Å²) < 4.78 is 0. The number of allylic oxidation sites excluding steroid dienone is 2. The van der Waals surface area contributed by atoms with Crippen molar-refractivity contribution in [1.82, 2.24) is 0 Å². The first-order valence-corrected chi connectivity index (χ1v) is 2.36. The van der Waals surface area contributed by atoms with Crippen LogP contribution in [0.1, 0.15) is 20.3 Å². The van der Waals surface area contributed by atoms with Gasteiger partial charge in [-0.25, -0.2) is 0 Å². The molecule has 1 nitrogen and oxygen atoms in total. The zero-order valence-electron chi connectivity index (χ0n) is 4.77. The highest BCUT2D eigenvalue weighted by atomic mass is 16.1. The lowest BCUT2D eigenvalue weighted by molar-refractivity contribution is -0.107. The molecule has 0 rings (SSSR count). The van der Waals surface area contributed by atoms with Crippen LogP contribution < -0.4 is 0 Å². The van der Waals surface area contributed by atoms with Crippen LogP contribution >= 0.6 is 0 Å². The topological polar surface area (TPSA) is 17.1 Å². The van der Waals surface area contributed by atoms with Gasteiger partial charge in [0.2, 0.25) is 0 Å². The van der Waals surface area contributed by atoms with E-state index in [1.807, 2.05) is 19.9 Å². The zero-order valence-corrected chi connectivity index (χ0v) is 4.77. The van der Waals surface area contributed by atoms with Gasteiger partial charge < -0.3 is 4.79 Å². The Labute approximate surface area is 44.0 Å². The molecule has 0 atom stereocenters. The van der Waals surface area contributed by atoms with Crippen molar-refractivity contribution in [2.24, 2.45) is 0 Å². The van der Waals surface area contributed by atoms with Crippen LogP contribution in [-0.2, 0) is 4.79 Å². The highest BCUT2D eigenvalue weighted by Crippen LogP contribution is 1.92. The Morgan fingerprint density at radius 2 is 2.29 bits per heavy atom. The molecule has 0 aromatic carbocycles. The number of rotatable bonds is 2. The molecule has 0 heterocycles. The van der Waals surface area contributed by atoms with Crippen molar-refractivity contribution in [1.29, 1.82) is 0 Å². The van der Waals surface area contributed by atoms with Gasteiger partial charge in [-0.1, -0.05) is 11.6 Å². The van der Waals surface area contributed by atoms with Gasteiger partial charge in [0.25, 0.3) is 0 Å². The minimum atomic E-state index is 0.580. The molecule has 0 aliphatic carbocycles. The van der Waals surface area contributed by atoms with Gasteiger partial charge in [-0.15, -0.1) is 0 Å². The van der Waals surface area contributed by atoms with Gasteiger partial charge in [0.15, 0.2) is 0 Å². The van der Waals surface area contributed by atoms with Crippen LogP contribution in [0.4, 0.5) is 0 Å². The largest absolute Gasteiger partial charge is 0.303 e. The summed E-state index contributed by atoms with van der Waals surface area (Å²) in [5.41, 5.74) is 1.13. The van der Waals surface area contributed by atoms with Crippen LogP contribution in [-0.4, -0.2) is 6.29 Å². The number of carbonyl (C=O) groups excluding carboxylic acids is 1. The molecule has 0 N–H and O–H groups in total. The van der Waals surface area contributed by atoms with Crippen molar-refractivity contribution in [2.75, 3.05) is 0 Å². The van der Waals surface area contributed by atoms with E-state index >= 15 is 0 Å². The summed E-state index contributed by atoms with van der Waals surface area (Å²) in [4.78, 5) is 9.73. The van der Waals surface area contributed by atoms with Gasteiger partial charge in [0.1, 0.15) is 6.29 Å². The van der Waals surface area contributed by atoms with Crippen molar-refractivity contribution in [3.8, 4) is 0 Å². The third kappa shape index (κ3) is 3.23. The molecule has 40 valence electrons. The summed E-state index contributed by atoms with van der Waals surface area (Å²) in [5.74, 6) is 0. The lowest BCUT2D eigenvalue weighted by atomic mass is 10.2. The van der Waals surface area contributed by atoms with Gasteiger partial charge in [-0.2, -0.15) is 0 Å². The number of hydrogen-bond acceptors (Lipinski definition) is 1. The van der Waals surface area contributed by atoms with Crippen molar-refractivity contribution in [2.45, 2.75) is 20.3 Å². The fourth-order valence-corrected chi connectivity index (χ4v) is 0.249. The molecule has 0 spiro atoms. The van der Waals surface area contributed by atoms with E-state index in [1.165, 1.54) is 0 Å². The Hall–Kier alpha value is -0.590. The Balaban J connectivity index is 3.36. The molecule has 0 unspecified atom stereocenters. The maximum Gasteiger partial charge on any atom is 0.124 e. The summed E-state index contributed by atoms with van der Waals surface area (Å²) in [5, 5.41) is 0. The highest BCUT2D eigenvalue weighted by molar-refractivity contribution is 5.53. The maximum atomic E-state index is 9.73. The lowest BCUT2D eigenvalue weighted by Gasteiger charge is -1.84. The predicted molar refractivity (Wildman–Crippen MR) is 30.1 cm³/mol. The molecule has 7 heavy (non-hydrogen) atoms. The fourth-order valence-electron chi connectivity index (χ4n) is 0.249. The molecule has 0 aliphatic heterocycles. The lowest BCUT2D eigenvalue weighted by Crippen LogP contribution is -1.74. The molecule has 0 aliphatic rings. The van der Waals surface area contributed by atoms with Crippen LogP contribution in [0.5, 0.6) is 0 Å². The van der Waals surface area contributed by atoms with Crippen LogP contribution in [0.25, 0.3) is 0 Å². The summed E-state index contributed by atoms with van der Waals surface area (Å²) >= 11 is 0. The Kier molecular flexibility index (Phi) is 3.29. The minimum absolute atomic E-state index is 0.580. The second-order valence-corrected chi connectivity index (χ2v) is 1.51. The van der Waals surface area contributed by atoms with E-state index < -0.39 is 0 Å². The first-order valence-electron chi connectivity index (χ1n) is 2.36. The van der Waals surface area contributed by atoms with E-state index in [1.54, 1.807) is 0 Å². The van der Waals surface area contributed by atoms with E-state index in [4.69, 9.17) is 0 Å². The predicted octanol–water partition coefficient (Wildman–Crippen LogP) is 1.54. The maximum absolute atomic E-state index is 9.73. The number of hydrogen-bond donors (Lipinski definition) is 0. The minimum Gasteiger partial charge on any atom is -0.303 e. The average molecular weight is 98.1 g/mol. The summed E-state index contributed by atoms with van der Waals surface area (Å²) in [6.45, 7) is 3.87. The Morgan fingerprint density at radius 3 is 2.43 bits per heavy atom. The van der Waals surface area contributed by atoms with Crippen molar-refractivity contribution in [3.05, 3.63) is 11.6 Å². The average Bonchev–Trinajstić information content (AvgIpc) is 1.68. The van der Waals surface area contributed by atoms with Crippen LogP contribution in [0, 0.1) is 0 Å². The number of carbonyl (C=O) groups is 1. The summed E-state index contributed by atoms with van der Waals surface area (Å²) in [7, 11) is 0. The fraction of sp³-hybridized carbons (Fsp3) is 0.500. The van der Waals surface area contributed by atoms with E-state index in [0.717, 1.165) is 11.9 Å². The normalized spacial score (nSPS) is 11.4. The zero-order chi connectivity index (χ0) is 5.70. The van der Waals surface area contributed by atoms with Crippen molar-refractivity contribution < 1.29 is 4.79 Å². The van der Waals surface area contributed by atoms with E-state index in [2.05, 4.69) is 0 Å². The molecule has 0 saturated carbocycles. The molecule has 0 aromatic heterocycles. The molecule has 0 aromatic rings. The van der Waals surface area contributed by atoms with Crippen LogP contribution in [0.15, 0.2) is 11.6 Å². The summed E-state index contributed by atoms with van der Waals surface area (Å²) in [6.07, 6.45) is 3.43. The third-order valence-corrected chi connectivity index (χ3v) is 0.898. The standard InChI is InChI=1S/C6H10O/c1-3-6(2)4-5-7/h3,5H,4H2,1-2H3/b6-3-. The first-order chi connectivity index (χ1) is 3.31. The van der Waals surface area contributed by atoms with Gasteiger partial charge in [0, 0.05) is 6.42 Å². The third-order valence-electron chi connectivity index (χ3n) is 0.898. The van der Waals surface area contributed by atoms with Gasteiger partial charge >= 0.3 is 0 Å². The van der Waals surface area contributed by atoms with E-state index in [0.29, 0.717) is 6.42 Å². The van der Waals surface area contributed by atoms with Gasteiger partial charge in [-0.3, -0.25) is 0 Å². The second-order valence-electron chi connectivity index (χ2n) is 1.51. The quantitative estimate of drug-likeness (QED) is 0.378. The molecule has 0 bridgehead atoms. The van der Waals surface area contributed by atoms with Crippen LogP contribution in [0.3, 0.4) is 0 Å². The Bertz CT molecular complexity index is 82.2. The molecular formula is C6H10O. The van der Waals surface area contributed by atoms with Crippen LogP contribution in [0.2, 0.25) is 0 Å². The van der Waals surface area contributed by atoms with E-state index in [-0.39, 0.29) is 0 Å². The first kappa shape index (κ1) is 6.41. The van der Waals surface area contributed by atoms with Gasteiger partial charge in [-0.05, 0) is 13.8 Å². The SMILES string of the molecule is C/C=C(/C)CC=O. The Morgan fingerprint density at radius 1 is 1.71 bits per heavy atom. The van der Waals surface area contributed by atoms with Crippen molar-refractivity contribution in [3.63, 3.8) is 0 Å². The number of aldehydes is 1. The molecule has 1 heteroatoms. The molecule has 0 amide bonds. The second kappa shape index (κ2) is 3.59. The summed E-state index contributed by atoms with van der Waals surface area (Å²) in [6, 6.07) is 0. The molecule has 0 saturated heterocycles. The van der Waals surface area contributed by atoms with E-state index in [9.17, 15) is 4.79 Å². The molecule has 0 fully saturated rings. The van der Waals surface area contributed by atoms with Crippen molar-refractivity contribution >= 4 is 6.29 Å². The smallest absolute Gasteiger partial charge is 0.124 e. The van der Waals surface area contributed by atoms with Gasteiger partial charge in [0.05, 0.1) is 0 Å². The molecule has 0 radical (unpaired) electrons. The highest BCUT2D eigenvalue weighted by Gasteiger charge is 1.79. The molecular weight excluding hydrogens is 88.1 g/mol. The monoisotopic (exact) mass is 98.1 g/mol.